The Morgan fingerprint density at radius 3 is 2.23 bits per heavy atom. The minimum atomic E-state index is -1.04. The summed E-state index contributed by atoms with van der Waals surface area (Å²) in [4.78, 5) is 67.4. The van der Waals surface area contributed by atoms with Crippen LogP contribution < -0.4 is 20.1 Å². The first kappa shape index (κ1) is 49.7. The molecule has 5 atom stereocenters. The number of aliphatic imine (C=N–C) groups is 1. The largest absolute Gasteiger partial charge is 0.493 e. The number of thiazole rings is 1. The maximum Gasteiger partial charge on any atom is 0.308 e. The van der Waals surface area contributed by atoms with Gasteiger partial charge in [0.1, 0.15) is 29.0 Å². The van der Waals surface area contributed by atoms with Crippen molar-refractivity contribution >= 4 is 52.1 Å². The molecule has 6 aromatic rings. The Labute approximate surface area is 415 Å². The second-order valence-electron chi connectivity index (χ2n) is 18.8. The third kappa shape index (κ3) is 10.1. The second-order valence-corrected chi connectivity index (χ2v) is 20.8. The van der Waals surface area contributed by atoms with Crippen molar-refractivity contribution < 1.29 is 38.5 Å². The van der Waals surface area contributed by atoms with Crippen LogP contribution in [-0.2, 0) is 23.9 Å². The molecule has 2 aliphatic rings. The van der Waals surface area contributed by atoms with Gasteiger partial charge in [-0.1, -0.05) is 75.4 Å². The van der Waals surface area contributed by atoms with Gasteiger partial charge < -0.3 is 34.9 Å². The van der Waals surface area contributed by atoms with Crippen molar-refractivity contribution in [3.05, 3.63) is 117 Å². The SMILES string of the molecule is COC(=O)C[C@@H]1N=C(c2ccc(-c3ccc(OCC(=O)N[C@H](C(=O)N4C[C@H](O)C[C@H]4C(=O)N[C@@H](C)c4ccc(-c5scnc5C)cc4)C(C)(C)C)c(OC)c3)cc2)c2c(sc(C)c2C)-n2c(C)nnc21. The summed E-state index contributed by atoms with van der Waals surface area (Å²) < 4.78 is 18.8. The molecule has 0 spiro atoms. The summed E-state index contributed by atoms with van der Waals surface area (Å²) in [6, 6.07) is 18.3. The zero-order chi connectivity index (χ0) is 50.2. The number of carbonyl (C=O) groups excluding carboxylic acids is 4. The molecule has 0 aliphatic carbocycles. The molecule has 3 aromatic heterocycles. The van der Waals surface area contributed by atoms with Crippen LogP contribution in [0.4, 0.5) is 0 Å². The number of hydrogen-bond acceptors (Lipinski definition) is 14. The van der Waals surface area contributed by atoms with E-state index in [4.69, 9.17) is 19.2 Å². The molecule has 0 bridgehead atoms. The Bertz CT molecular complexity index is 2970. The van der Waals surface area contributed by atoms with Crippen LogP contribution in [0, 0.1) is 33.1 Å². The molecule has 18 heteroatoms. The molecule has 8 rings (SSSR count). The number of rotatable bonds is 14. The van der Waals surface area contributed by atoms with Crippen LogP contribution in [0.5, 0.6) is 11.5 Å². The summed E-state index contributed by atoms with van der Waals surface area (Å²) in [6.45, 7) is 14.9. The summed E-state index contributed by atoms with van der Waals surface area (Å²) >= 11 is 3.20. The fourth-order valence-electron chi connectivity index (χ4n) is 8.91. The van der Waals surface area contributed by atoms with E-state index in [1.807, 2.05) is 112 Å². The minimum absolute atomic E-state index is 0.00464. The molecule has 2 aliphatic heterocycles. The van der Waals surface area contributed by atoms with Crippen molar-refractivity contribution in [3.8, 4) is 38.1 Å². The Morgan fingerprint density at radius 2 is 1.57 bits per heavy atom. The quantitative estimate of drug-likeness (QED) is 0.0910. The number of esters is 1. The zero-order valence-corrected chi connectivity index (χ0v) is 42.6. The highest BCUT2D eigenvalue weighted by Gasteiger charge is 2.45. The number of nitrogens with zero attached hydrogens (tertiary/aromatic N) is 6. The molecule has 16 nitrogen and oxygen atoms in total. The van der Waals surface area contributed by atoms with Crippen molar-refractivity contribution in [3.63, 3.8) is 0 Å². The summed E-state index contributed by atoms with van der Waals surface area (Å²) in [6.07, 6.45) is -0.841. The lowest BCUT2D eigenvalue weighted by Gasteiger charge is -2.35. The number of likely N-dealkylation sites (tertiary alicyclic amines) is 1. The van der Waals surface area contributed by atoms with Gasteiger partial charge in [-0.3, -0.25) is 28.7 Å². The van der Waals surface area contributed by atoms with E-state index in [-0.39, 0.29) is 25.4 Å². The number of carbonyl (C=O) groups is 4. The maximum atomic E-state index is 14.3. The van der Waals surface area contributed by atoms with Gasteiger partial charge in [-0.2, -0.15) is 0 Å². The number of fused-ring (bicyclic) bond motifs is 3. The number of nitrogens with one attached hydrogen (secondary N) is 2. The normalized spacial score (nSPS) is 17.4. The highest BCUT2D eigenvalue weighted by molar-refractivity contribution is 7.15. The number of aliphatic hydroxyl groups is 1. The summed E-state index contributed by atoms with van der Waals surface area (Å²) in [7, 11) is 2.87. The topological polar surface area (TPSA) is 199 Å². The summed E-state index contributed by atoms with van der Waals surface area (Å²) in [5, 5.41) is 26.4. The number of aromatic nitrogens is 4. The van der Waals surface area contributed by atoms with Crippen LogP contribution in [0.1, 0.15) is 97.1 Å². The van der Waals surface area contributed by atoms with Crippen molar-refractivity contribution in [2.45, 2.75) is 98.5 Å². The first-order chi connectivity index (χ1) is 33.4. The third-order valence-electron chi connectivity index (χ3n) is 12.9. The Kier molecular flexibility index (Phi) is 14.4. The van der Waals surface area contributed by atoms with E-state index < -0.39 is 59.9 Å². The number of aliphatic hydroxyl groups excluding tert-OH is 1. The van der Waals surface area contributed by atoms with Gasteiger partial charge >= 0.3 is 5.97 Å². The van der Waals surface area contributed by atoms with Gasteiger partial charge in [0.25, 0.3) is 5.91 Å². The van der Waals surface area contributed by atoms with E-state index in [1.54, 1.807) is 28.7 Å². The molecule has 70 heavy (non-hydrogen) atoms. The van der Waals surface area contributed by atoms with Crippen molar-refractivity contribution in [2.75, 3.05) is 27.4 Å². The fraction of sp³-hybridized carbons (Fsp3) is 0.385. The average Bonchev–Trinajstić information content (AvgIpc) is 4.11. The van der Waals surface area contributed by atoms with Gasteiger partial charge in [-0.15, -0.1) is 32.9 Å². The highest BCUT2D eigenvalue weighted by Crippen LogP contribution is 2.41. The van der Waals surface area contributed by atoms with E-state index in [0.29, 0.717) is 23.1 Å². The monoisotopic (exact) mass is 986 g/mol. The van der Waals surface area contributed by atoms with Crippen molar-refractivity contribution in [1.82, 2.24) is 35.3 Å². The fourth-order valence-corrected chi connectivity index (χ4v) is 10.9. The first-order valence-electron chi connectivity index (χ1n) is 23.0. The van der Waals surface area contributed by atoms with Crippen LogP contribution in [0.25, 0.3) is 26.6 Å². The molecular formula is C52H58N8O8S2. The minimum Gasteiger partial charge on any atom is -0.493 e. The van der Waals surface area contributed by atoms with Gasteiger partial charge in [0, 0.05) is 29.0 Å². The van der Waals surface area contributed by atoms with E-state index in [2.05, 4.69) is 39.7 Å². The van der Waals surface area contributed by atoms with Gasteiger partial charge in [0.15, 0.2) is 23.9 Å². The van der Waals surface area contributed by atoms with Crippen molar-refractivity contribution in [1.29, 1.82) is 0 Å². The molecule has 3 N–H and O–H groups in total. The number of β-amino-alcohol motifs (C(OH)–C–C–N with tert-alkyl or cyclic N) is 1. The lowest BCUT2D eigenvalue weighted by Crippen LogP contribution is -2.58. The third-order valence-corrected chi connectivity index (χ3v) is 15.1. The molecule has 1 fully saturated rings. The van der Waals surface area contributed by atoms with Crippen LogP contribution in [0.15, 0.2) is 77.2 Å². The molecule has 0 unspecified atom stereocenters. The van der Waals surface area contributed by atoms with Crippen LogP contribution in [0.3, 0.4) is 0 Å². The van der Waals surface area contributed by atoms with Crippen molar-refractivity contribution in [2.24, 2.45) is 10.4 Å². The Hall–Kier alpha value is -6.76. The lowest BCUT2D eigenvalue weighted by molar-refractivity contribution is -0.144. The first-order valence-corrected chi connectivity index (χ1v) is 24.7. The number of hydrogen-bond donors (Lipinski definition) is 3. The molecular weight excluding hydrogens is 929 g/mol. The maximum absolute atomic E-state index is 14.3. The molecule has 3 aromatic carbocycles. The van der Waals surface area contributed by atoms with E-state index in [1.165, 1.54) is 19.1 Å². The number of benzene rings is 3. The van der Waals surface area contributed by atoms with Crippen LogP contribution in [0.2, 0.25) is 0 Å². The number of aryl methyl sites for hydroxylation is 3. The summed E-state index contributed by atoms with van der Waals surface area (Å²) in [5.41, 5.74) is 9.29. The number of amides is 3. The second kappa shape index (κ2) is 20.3. The Balaban J connectivity index is 0.934. The predicted molar refractivity (Wildman–Crippen MR) is 269 cm³/mol. The number of thiophene rings is 1. The van der Waals surface area contributed by atoms with Crippen LogP contribution in [-0.4, -0.2) is 105 Å². The highest BCUT2D eigenvalue weighted by atomic mass is 32.1. The lowest BCUT2D eigenvalue weighted by atomic mass is 9.85. The molecule has 5 heterocycles. The summed E-state index contributed by atoms with van der Waals surface area (Å²) in [5.74, 6) is 0.175. The smallest absolute Gasteiger partial charge is 0.308 e. The molecule has 1 saturated heterocycles. The van der Waals surface area contributed by atoms with E-state index >= 15 is 0 Å². The number of ether oxygens (including phenoxy) is 3. The zero-order valence-electron chi connectivity index (χ0n) is 40.9. The van der Waals surface area contributed by atoms with E-state index in [0.717, 1.165) is 65.1 Å². The molecule has 3 amide bonds. The molecule has 0 radical (unpaired) electrons. The van der Waals surface area contributed by atoms with E-state index in [9.17, 15) is 24.3 Å². The van der Waals surface area contributed by atoms with Gasteiger partial charge in [-0.05, 0) is 80.0 Å². The number of methoxy groups -OCH3 is 2. The standard InChI is InChI=1S/C52H58N8O8S2/c1-27-30(4)70-51-44(27)45(55-38(23-43(63)67-10)48-58-57-31(5)60(48)51)34-15-13-33(14-16-34)36-19-20-40(41(21-36)66-9)68-25-42(62)56-47(52(6,7)8)50(65)59-24-37(61)22-39(59)49(64)54-28(2)32-11-17-35(18-12-32)46-29(3)53-26-69-46/h11-21,26,28,37-39,47,61H,22-25H2,1-10H3,(H,54,64)(H,56,62)/t28-,37+,38-,39-,47+/m0/s1. The molecule has 366 valence electrons. The molecule has 0 saturated carbocycles. The van der Waals surface area contributed by atoms with Crippen LogP contribution >= 0.6 is 22.7 Å². The van der Waals surface area contributed by atoms with Gasteiger partial charge in [0.2, 0.25) is 11.8 Å². The predicted octanol–water partition coefficient (Wildman–Crippen LogP) is 7.57. The average molecular weight is 987 g/mol. The Morgan fingerprint density at radius 1 is 0.886 bits per heavy atom. The van der Waals surface area contributed by atoms with Gasteiger partial charge in [-0.25, -0.2) is 4.98 Å². The van der Waals surface area contributed by atoms with Gasteiger partial charge in [0.05, 0.1) is 54.6 Å².